The first-order valence-electron chi connectivity index (χ1n) is 5.07. The highest BCUT2D eigenvalue weighted by Crippen LogP contribution is 2.24. The van der Waals surface area contributed by atoms with Gasteiger partial charge in [-0.25, -0.2) is 4.39 Å². The lowest BCUT2D eigenvalue weighted by molar-refractivity contribution is 0.385. The van der Waals surface area contributed by atoms with Gasteiger partial charge in [0.1, 0.15) is 0 Å². The van der Waals surface area contributed by atoms with Gasteiger partial charge in [-0.15, -0.1) is 0 Å². The van der Waals surface area contributed by atoms with E-state index >= 15 is 0 Å². The molecule has 0 aliphatic rings. The third-order valence-corrected chi connectivity index (χ3v) is 2.44. The Morgan fingerprint density at radius 3 is 2.82 bits per heavy atom. The first-order chi connectivity index (χ1) is 8.22. The van der Waals surface area contributed by atoms with Crippen LogP contribution in [-0.2, 0) is 0 Å². The molecule has 88 valence electrons. The molecule has 0 saturated heterocycles. The number of benzene rings is 1. The fourth-order valence-corrected chi connectivity index (χ4v) is 1.51. The Morgan fingerprint density at radius 2 is 2.18 bits per heavy atom. The smallest absolute Gasteiger partial charge is 0.165 e. The number of hydrogen-bond donors (Lipinski definition) is 1. The summed E-state index contributed by atoms with van der Waals surface area (Å²) in [6.45, 7) is 0. The van der Waals surface area contributed by atoms with Gasteiger partial charge in [0.15, 0.2) is 11.6 Å². The first kappa shape index (κ1) is 11.5. The van der Waals surface area contributed by atoms with Gasteiger partial charge in [-0.05, 0) is 17.7 Å². The molecule has 2 aromatic rings. The van der Waals surface area contributed by atoms with E-state index in [4.69, 9.17) is 10.5 Å². The summed E-state index contributed by atoms with van der Waals surface area (Å²) in [5, 5.41) is 0. The first-order valence-corrected chi connectivity index (χ1v) is 5.07. The summed E-state index contributed by atoms with van der Waals surface area (Å²) in [6.07, 6.45) is 4.72. The fourth-order valence-electron chi connectivity index (χ4n) is 1.51. The molecule has 1 atom stereocenters. The lowest BCUT2D eigenvalue weighted by Crippen LogP contribution is -2.14. The zero-order valence-electron chi connectivity index (χ0n) is 9.30. The maximum Gasteiger partial charge on any atom is 0.165 e. The Morgan fingerprint density at radius 1 is 1.35 bits per heavy atom. The standard InChI is InChI=1S/C12H12FN3O/c1-17-11-6-8(2-3-9(11)13)12(14)10-7-15-4-5-16-10/h2-7,12H,14H2,1H3. The quantitative estimate of drug-likeness (QED) is 0.876. The summed E-state index contributed by atoms with van der Waals surface area (Å²) >= 11 is 0. The van der Waals surface area contributed by atoms with Gasteiger partial charge in [0.25, 0.3) is 0 Å². The number of aromatic nitrogens is 2. The molecule has 0 radical (unpaired) electrons. The third kappa shape index (κ3) is 2.39. The van der Waals surface area contributed by atoms with E-state index in [-0.39, 0.29) is 5.75 Å². The number of hydrogen-bond acceptors (Lipinski definition) is 4. The Hall–Kier alpha value is -2.01. The van der Waals surface area contributed by atoms with Crippen molar-refractivity contribution < 1.29 is 9.13 Å². The lowest BCUT2D eigenvalue weighted by Gasteiger charge is -2.12. The zero-order chi connectivity index (χ0) is 12.3. The maximum atomic E-state index is 13.2. The Labute approximate surface area is 98.3 Å². The Balaban J connectivity index is 2.34. The molecule has 0 saturated carbocycles. The minimum absolute atomic E-state index is 0.168. The van der Waals surface area contributed by atoms with Crippen LogP contribution < -0.4 is 10.5 Å². The van der Waals surface area contributed by atoms with Gasteiger partial charge in [0, 0.05) is 12.4 Å². The van der Waals surface area contributed by atoms with Crippen molar-refractivity contribution in [3.05, 3.63) is 53.9 Å². The highest BCUT2D eigenvalue weighted by atomic mass is 19.1. The molecule has 1 aromatic heterocycles. The van der Waals surface area contributed by atoms with E-state index in [1.807, 2.05) is 0 Å². The van der Waals surface area contributed by atoms with E-state index in [9.17, 15) is 4.39 Å². The SMILES string of the molecule is COc1cc(C(N)c2cnccn2)ccc1F. The van der Waals surface area contributed by atoms with Crippen LogP contribution in [0.2, 0.25) is 0 Å². The number of ether oxygens (including phenoxy) is 1. The van der Waals surface area contributed by atoms with Gasteiger partial charge in [-0.2, -0.15) is 0 Å². The minimum atomic E-state index is -0.446. The molecule has 4 nitrogen and oxygen atoms in total. The molecule has 17 heavy (non-hydrogen) atoms. The number of nitrogens with two attached hydrogens (primary N) is 1. The second kappa shape index (κ2) is 4.88. The predicted octanol–water partition coefficient (Wildman–Crippen LogP) is 1.67. The molecule has 5 heteroatoms. The molecule has 0 aliphatic heterocycles. The van der Waals surface area contributed by atoms with Crippen molar-refractivity contribution in [1.29, 1.82) is 0 Å². The van der Waals surface area contributed by atoms with Gasteiger partial charge < -0.3 is 10.5 Å². The third-order valence-electron chi connectivity index (χ3n) is 2.44. The number of rotatable bonds is 3. The van der Waals surface area contributed by atoms with E-state index in [1.54, 1.807) is 30.7 Å². The summed E-state index contributed by atoms with van der Waals surface area (Å²) in [4.78, 5) is 8.05. The van der Waals surface area contributed by atoms with Gasteiger partial charge in [-0.1, -0.05) is 6.07 Å². The van der Waals surface area contributed by atoms with Gasteiger partial charge in [0.05, 0.1) is 25.0 Å². The van der Waals surface area contributed by atoms with Crippen LogP contribution in [0.3, 0.4) is 0 Å². The monoisotopic (exact) mass is 233 g/mol. The Kier molecular flexibility index (Phi) is 3.30. The summed E-state index contributed by atoms with van der Waals surface area (Å²) in [6, 6.07) is 4.05. The molecule has 2 rings (SSSR count). The van der Waals surface area contributed by atoms with Crippen LogP contribution >= 0.6 is 0 Å². The minimum Gasteiger partial charge on any atom is -0.494 e. The Bertz CT molecular complexity index is 504. The second-order valence-corrected chi connectivity index (χ2v) is 3.50. The van der Waals surface area contributed by atoms with Crippen LogP contribution in [0, 0.1) is 5.82 Å². The van der Waals surface area contributed by atoms with Crippen LogP contribution in [0.1, 0.15) is 17.3 Å². The fraction of sp³-hybridized carbons (Fsp3) is 0.167. The van der Waals surface area contributed by atoms with Crippen molar-refractivity contribution in [2.24, 2.45) is 5.73 Å². The molecule has 0 aliphatic carbocycles. The normalized spacial score (nSPS) is 12.2. The van der Waals surface area contributed by atoms with Crippen molar-refractivity contribution in [2.45, 2.75) is 6.04 Å². The van der Waals surface area contributed by atoms with Crippen LogP contribution in [0.5, 0.6) is 5.75 Å². The topological polar surface area (TPSA) is 61.0 Å². The zero-order valence-corrected chi connectivity index (χ0v) is 9.30. The number of nitrogens with zero attached hydrogens (tertiary/aromatic N) is 2. The van der Waals surface area contributed by atoms with Gasteiger partial charge in [-0.3, -0.25) is 9.97 Å². The van der Waals surface area contributed by atoms with Crippen LogP contribution in [-0.4, -0.2) is 17.1 Å². The highest BCUT2D eigenvalue weighted by molar-refractivity contribution is 5.34. The summed E-state index contributed by atoms with van der Waals surface area (Å²) in [5.41, 5.74) is 7.36. The average Bonchev–Trinajstić information content (AvgIpc) is 2.39. The molecule has 2 N–H and O–H groups in total. The molecular formula is C12H12FN3O. The van der Waals surface area contributed by atoms with E-state index in [2.05, 4.69) is 9.97 Å². The molecule has 0 fully saturated rings. The second-order valence-electron chi connectivity index (χ2n) is 3.50. The van der Waals surface area contributed by atoms with Crippen molar-refractivity contribution in [1.82, 2.24) is 9.97 Å². The maximum absolute atomic E-state index is 13.2. The predicted molar refractivity (Wildman–Crippen MR) is 61.0 cm³/mol. The molecule has 1 unspecified atom stereocenters. The molecule has 0 amide bonds. The van der Waals surface area contributed by atoms with E-state index in [0.29, 0.717) is 5.69 Å². The van der Waals surface area contributed by atoms with Crippen LogP contribution in [0.15, 0.2) is 36.8 Å². The summed E-state index contributed by atoms with van der Waals surface area (Å²) in [5.74, 6) is -0.246. The highest BCUT2D eigenvalue weighted by Gasteiger charge is 2.13. The lowest BCUT2D eigenvalue weighted by atomic mass is 10.0. The molecular weight excluding hydrogens is 221 g/mol. The molecule has 1 aromatic carbocycles. The number of halogens is 1. The van der Waals surface area contributed by atoms with Crippen molar-refractivity contribution in [2.75, 3.05) is 7.11 Å². The molecule has 1 heterocycles. The van der Waals surface area contributed by atoms with Crippen LogP contribution in [0.25, 0.3) is 0 Å². The van der Waals surface area contributed by atoms with Crippen molar-refractivity contribution >= 4 is 0 Å². The summed E-state index contributed by atoms with van der Waals surface area (Å²) < 4.78 is 18.1. The van der Waals surface area contributed by atoms with Crippen molar-refractivity contribution in [3.63, 3.8) is 0 Å². The molecule has 0 spiro atoms. The largest absolute Gasteiger partial charge is 0.494 e. The summed E-state index contributed by atoms with van der Waals surface area (Å²) in [7, 11) is 1.41. The molecule has 0 bridgehead atoms. The van der Waals surface area contributed by atoms with E-state index < -0.39 is 11.9 Å². The number of methoxy groups -OCH3 is 1. The average molecular weight is 233 g/mol. The van der Waals surface area contributed by atoms with E-state index in [1.165, 1.54) is 13.2 Å². The van der Waals surface area contributed by atoms with E-state index in [0.717, 1.165) is 5.56 Å². The van der Waals surface area contributed by atoms with Crippen LogP contribution in [0.4, 0.5) is 4.39 Å². The van der Waals surface area contributed by atoms with Gasteiger partial charge in [0.2, 0.25) is 0 Å². The van der Waals surface area contributed by atoms with Gasteiger partial charge >= 0.3 is 0 Å². The van der Waals surface area contributed by atoms with Crippen molar-refractivity contribution in [3.8, 4) is 5.75 Å².